The number of allylic oxidation sites excluding steroid dienone is 1. The van der Waals surface area contributed by atoms with Gasteiger partial charge in [-0.25, -0.2) is 4.98 Å². The van der Waals surface area contributed by atoms with E-state index in [1.807, 2.05) is 73.7 Å². The zero-order valence-electron chi connectivity index (χ0n) is 22.4. The van der Waals surface area contributed by atoms with E-state index in [0.717, 1.165) is 59.9 Å². The van der Waals surface area contributed by atoms with Crippen LogP contribution in [0, 0.1) is 0 Å². The van der Waals surface area contributed by atoms with Crippen LogP contribution in [0.1, 0.15) is 42.2 Å². The van der Waals surface area contributed by atoms with Crippen LogP contribution in [0.15, 0.2) is 84.9 Å². The van der Waals surface area contributed by atoms with Crippen molar-refractivity contribution in [3.05, 3.63) is 96.2 Å². The third kappa shape index (κ3) is 5.12. The molecule has 198 valence electrons. The van der Waals surface area contributed by atoms with Crippen LogP contribution >= 0.6 is 0 Å². The molecule has 0 unspecified atom stereocenters. The van der Waals surface area contributed by atoms with E-state index in [0.29, 0.717) is 18.0 Å². The van der Waals surface area contributed by atoms with Crippen molar-refractivity contribution < 1.29 is 9.53 Å². The highest BCUT2D eigenvalue weighted by atomic mass is 16.5. The molecule has 6 nitrogen and oxygen atoms in total. The number of aromatic nitrogens is 3. The Kier molecular flexibility index (Phi) is 7.28. The summed E-state index contributed by atoms with van der Waals surface area (Å²) >= 11 is 0. The van der Waals surface area contributed by atoms with E-state index in [4.69, 9.17) is 9.72 Å². The van der Waals surface area contributed by atoms with Crippen molar-refractivity contribution in [2.45, 2.75) is 32.7 Å². The van der Waals surface area contributed by atoms with Gasteiger partial charge in [0, 0.05) is 18.7 Å². The lowest BCUT2D eigenvalue weighted by Crippen LogP contribution is -2.32. The highest BCUT2D eigenvalue weighted by Gasteiger charge is 2.24. The molecule has 1 aliphatic heterocycles. The smallest absolute Gasteiger partial charge is 0.216 e. The molecule has 1 saturated heterocycles. The van der Waals surface area contributed by atoms with E-state index in [1.54, 1.807) is 6.08 Å². The molecule has 6 heteroatoms. The normalized spacial score (nSPS) is 14.5. The number of piperidine rings is 1. The first-order valence-corrected chi connectivity index (χ1v) is 14.0. The summed E-state index contributed by atoms with van der Waals surface area (Å²) in [5.74, 6) is 1.56. The lowest BCUT2D eigenvalue weighted by Gasteiger charge is -2.26. The van der Waals surface area contributed by atoms with E-state index in [-0.39, 0.29) is 5.78 Å². The summed E-state index contributed by atoms with van der Waals surface area (Å²) in [4.78, 5) is 21.6. The van der Waals surface area contributed by atoms with Crippen molar-refractivity contribution in [2.75, 3.05) is 26.2 Å². The number of rotatable bonds is 9. The monoisotopic (exact) mass is 518 g/mol. The maximum absolute atomic E-state index is 13.9. The van der Waals surface area contributed by atoms with Crippen LogP contribution in [0.2, 0.25) is 0 Å². The number of nitrogens with zero attached hydrogens (tertiary/aromatic N) is 4. The van der Waals surface area contributed by atoms with E-state index >= 15 is 0 Å². The number of benzene rings is 3. The second-order valence-electron chi connectivity index (χ2n) is 10.1. The molecule has 0 radical (unpaired) electrons. The highest BCUT2D eigenvalue weighted by molar-refractivity contribution is 6.11. The Balaban J connectivity index is 1.44. The summed E-state index contributed by atoms with van der Waals surface area (Å²) in [5.41, 5.74) is 5.28. The fraction of sp³-hybridized carbons (Fsp3) is 0.273. The first kappa shape index (κ1) is 25.1. The number of fused-ring (bicyclic) bond motifs is 3. The van der Waals surface area contributed by atoms with Crippen LogP contribution in [0.25, 0.3) is 34.1 Å². The zero-order chi connectivity index (χ0) is 26.6. The molecule has 1 fully saturated rings. The molecule has 39 heavy (non-hydrogen) atoms. The van der Waals surface area contributed by atoms with Gasteiger partial charge in [-0.05, 0) is 68.8 Å². The predicted molar refractivity (Wildman–Crippen MR) is 157 cm³/mol. The van der Waals surface area contributed by atoms with Gasteiger partial charge in [0.15, 0.2) is 0 Å². The maximum atomic E-state index is 13.9. The Bertz CT molecular complexity index is 1610. The number of ketones is 1. The fourth-order valence-corrected chi connectivity index (χ4v) is 5.57. The molecule has 3 aromatic carbocycles. The van der Waals surface area contributed by atoms with Crippen LogP contribution in [-0.2, 0) is 6.54 Å². The minimum absolute atomic E-state index is 0.0748. The molecule has 5 aromatic rings. The third-order valence-corrected chi connectivity index (χ3v) is 7.50. The first-order valence-electron chi connectivity index (χ1n) is 14.0. The van der Waals surface area contributed by atoms with Crippen molar-refractivity contribution in [2.24, 2.45) is 0 Å². The molecule has 0 amide bonds. The number of likely N-dealkylation sites (tertiary alicyclic amines) is 1. The second kappa shape index (κ2) is 11.3. The minimum Gasteiger partial charge on any atom is -0.494 e. The number of para-hydroxylation sites is 2. The first-order chi connectivity index (χ1) is 19.2. The maximum Gasteiger partial charge on any atom is 0.216 e. The lowest BCUT2D eigenvalue weighted by atomic mass is 10.1. The molecule has 0 spiro atoms. The van der Waals surface area contributed by atoms with E-state index in [9.17, 15) is 4.79 Å². The average Bonchev–Trinajstić information content (AvgIpc) is 3.52. The molecule has 3 heterocycles. The van der Waals surface area contributed by atoms with Gasteiger partial charge in [-0.2, -0.15) is 0 Å². The number of carbonyl (C=O) groups is 1. The Morgan fingerprint density at radius 2 is 1.59 bits per heavy atom. The van der Waals surface area contributed by atoms with E-state index in [1.165, 1.54) is 19.3 Å². The third-order valence-electron chi connectivity index (χ3n) is 7.50. The lowest BCUT2D eigenvalue weighted by molar-refractivity contribution is 0.104. The van der Waals surface area contributed by atoms with Crippen molar-refractivity contribution in [3.63, 3.8) is 0 Å². The second-order valence-corrected chi connectivity index (χ2v) is 10.1. The number of carbonyl (C=O) groups excluding carboxylic acids is 1. The van der Waals surface area contributed by atoms with Gasteiger partial charge in [-0.15, -0.1) is 0 Å². The number of hydrogen-bond donors (Lipinski definition) is 0. The van der Waals surface area contributed by atoms with Crippen LogP contribution in [0.3, 0.4) is 0 Å². The van der Waals surface area contributed by atoms with Crippen LogP contribution in [-0.4, -0.2) is 50.9 Å². The topological polar surface area (TPSA) is 51.8 Å². The van der Waals surface area contributed by atoms with E-state index < -0.39 is 0 Å². The van der Waals surface area contributed by atoms with E-state index in [2.05, 4.69) is 32.1 Å². The highest BCUT2D eigenvalue weighted by Crippen LogP contribution is 2.31. The SMILES string of the molecule is CCOc1ccc(/C=C\C(=O)c2c(-c3ccccc3)nc3n(CCN4CCCCC4)c4ccccc4n23)cc1. The van der Waals surface area contributed by atoms with Gasteiger partial charge < -0.3 is 14.2 Å². The molecule has 0 N–H and O–H groups in total. The Morgan fingerprint density at radius 3 is 2.33 bits per heavy atom. The average molecular weight is 519 g/mol. The van der Waals surface area contributed by atoms with Gasteiger partial charge in [0.1, 0.15) is 17.1 Å². The molecular formula is C33H34N4O2. The number of hydrogen-bond acceptors (Lipinski definition) is 4. The van der Waals surface area contributed by atoms with Crippen molar-refractivity contribution in [1.82, 2.24) is 18.9 Å². The van der Waals surface area contributed by atoms with Crippen molar-refractivity contribution in [3.8, 4) is 17.0 Å². The van der Waals surface area contributed by atoms with Crippen LogP contribution in [0.4, 0.5) is 0 Å². The van der Waals surface area contributed by atoms with Gasteiger partial charge in [-0.3, -0.25) is 9.20 Å². The summed E-state index contributed by atoms with van der Waals surface area (Å²) in [6.07, 6.45) is 7.38. The Morgan fingerprint density at radius 1 is 0.872 bits per heavy atom. The molecule has 0 saturated carbocycles. The molecule has 0 atom stereocenters. The number of imidazole rings is 2. The number of ether oxygens (including phenoxy) is 1. The molecule has 1 aliphatic rings. The predicted octanol–water partition coefficient (Wildman–Crippen LogP) is 6.74. The molecule has 6 rings (SSSR count). The fourth-order valence-electron chi connectivity index (χ4n) is 5.57. The van der Waals surface area contributed by atoms with Gasteiger partial charge in [-0.1, -0.05) is 67.1 Å². The van der Waals surface area contributed by atoms with Gasteiger partial charge >= 0.3 is 0 Å². The van der Waals surface area contributed by atoms with Crippen molar-refractivity contribution in [1.29, 1.82) is 0 Å². The van der Waals surface area contributed by atoms with Gasteiger partial charge in [0.25, 0.3) is 0 Å². The summed E-state index contributed by atoms with van der Waals surface area (Å²) in [6.45, 7) is 6.70. The molecule has 0 bridgehead atoms. The quantitative estimate of drug-likeness (QED) is 0.160. The van der Waals surface area contributed by atoms with Crippen LogP contribution in [0.5, 0.6) is 5.75 Å². The zero-order valence-corrected chi connectivity index (χ0v) is 22.4. The van der Waals surface area contributed by atoms with Crippen LogP contribution < -0.4 is 4.74 Å². The Labute approximate surface area is 229 Å². The summed E-state index contributed by atoms with van der Waals surface area (Å²) < 4.78 is 9.89. The summed E-state index contributed by atoms with van der Waals surface area (Å²) in [6, 6.07) is 26.1. The summed E-state index contributed by atoms with van der Waals surface area (Å²) in [5, 5.41) is 0. The molecular weight excluding hydrogens is 484 g/mol. The Hall–Kier alpha value is -4.16. The molecule has 0 aliphatic carbocycles. The van der Waals surface area contributed by atoms with Crippen molar-refractivity contribution >= 4 is 28.7 Å². The van der Waals surface area contributed by atoms with Gasteiger partial charge in [0.05, 0.1) is 17.6 Å². The van der Waals surface area contributed by atoms with Gasteiger partial charge in [0.2, 0.25) is 11.6 Å². The summed E-state index contributed by atoms with van der Waals surface area (Å²) in [7, 11) is 0. The molecule has 2 aromatic heterocycles. The minimum atomic E-state index is -0.0748. The largest absolute Gasteiger partial charge is 0.494 e. The standard InChI is InChI=1S/C33H34N4O2/c1-2-39-27-18-15-25(16-19-27)17-20-30(38)32-31(26-11-5-3-6-12-26)34-33-36(24-23-35-21-9-4-10-22-35)28-13-7-8-14-29(28)37(32)33/h3,5-8,11-20H,2,4,9-10,21-24H2,1H3/b20-17-.